The molecule has 0 saturated carbocycles. The first-order chi connectivity index (χ1) is 49.1. The Bertz CT molecular complexity index is 5880. The third kappa shape index (κ3) is 10.0. The van der Waals surface area contributed by atoms with Crippen molar-refractivity contribution in [3.05, 3.63) is 340 Å². The number of fused-ring (bicyclic) bond motifs is 7. The van der Waals surface area contributed by atoms with Crippen molar-refractivity contribution in [2.24, 2.45) is 0 Å². The van der Waals surface area contributed by atoms with E-state index < -0.39 is 6.71 Å². The lowest BCUT2D eigenvalue weighted by molar-refractivity contribution is 0.489. The highest BCUT2D eigenvalue weighted by molar-refractivity contribution is 6.99. The monoisotopic (exact) mass is 1260 g/mol. The zero-order valence-corrected chi connectivity index (χ0v) is 53.4. The molecule has 2 aliphatic heterocycles. The minimum absolute atomic E-state index is 0.406. The molecule has 19 rings (SSSR count). The smallest absolute Gasteiger partial charge is 0.256 e. The Labute approximate surface area is 572 Å². The topological polar surface area (TPSA) is 91.5 Å². The average molecular weight is 1260 g/mol. The van der Waals surface area contributed by atoms with E-state index in [1.165, 1.54) is 0 Å². The van der Waals surface area contributed by atoms with E-state index in [0.717, 1.165) is 156 Å². The zero-order valence-electron chi connectivity index (χ0n) is 53.4. The van der Waals surface area contributed by atoms with Gasteiger partial charge in [0, 0.05) is 60.9 Å². The van der Waals surface area contributed by atoms with Gasteiger partial charge in [-0.15, -0.1) is 0 Å². The molecule has 0 spiro atoms. The highest BCUT2D eigenvalue weighted by Gasteiger charge is 2.43. The molecule has 0 radical (unpaired) electrons. The normalized spacial score (nSPS) is 11.9. The zero-order chi connectivity index (χ0) is 65.3. The van der Waals surface area contributed by atoms with Crippen LogP contribution in [0.5, 0.6) is 11.5 Å². The molecule has 99 heavy (non-hydrogen) atoms. The lowest BCUT2D eigenvalue weighted by atomic mass is 9.34. The Hall–Kier alpha value is -13.2. The lowest BCUT2D eigenvalue weighted by Gasteiger charge is -2.35. The maximum Gasteiger partial charge on any atom is 0.256 e. The average Bonchev–Trinajstić information content (AvgIpc) is 1.62. The summed E-state index contributed by atoms with van der Waals surface area (Å²) < 4.78 is 10.5. The summed E-state index contributed by atoms with van der Waals surface area (Å²) >= 11 is 0. The largest absolute Gasteiger partial charge is 0.458 e. The highest BCUT2D eigenvalue weighted by Crippen LogP contribution is 2.48. The lowest BCUT2D eigenvalue weighted by Crippen LogP contribution is -2.58. The molecule has 0 bridgehead atoms. The van der Waals surface area contributed by atoms with Crippen LogP contribution in [0.1, 0.15) is 0 Å². The summed E-state index contributed by atoms with van der Waals surface area (Å²) in [6, 6.07) is 120. The van der Waals surface area contributed by atoms with Crippen molar-refractivity contribution in [1.29, 1.82) is 0 Å². The Kier molecular flexibility index (Phi) is 13.8. The van der Waals surface area contributed by atoms with E-state index in [-0.39, 0.29) is 0 Å². The first kappa shape index (κ1) is 57.2. The molecule has 0 N–H and O–H groups in total. The third-order valence-electron chi connectivity index (χ3n) is 19.4. The molecule has 0 amide bonds. The number of ether oxygens (including phenoxy) is 1. The second-order valence-corrected chi connectivity index (χ2v) is 25.2. The molecule has 0 aliphatic carbocycles. The van der Waals surface area contributed by atoms with Crippen LogP contribution in [-0.4, -0.2) is 41.2 Å². The summed E-state index contributed by atoms with van der Waals surface area (Å²) in [6.45, 7) is -0.406. The minimum atomic E-state index is -0.406. The molecule has 5 heterocycles. The number of aromatic nitrogens is 7. The Morgan fingerprint density at radius 2 is 0.586 bits per heavy atom. The van der Waals surface area contributed by atoms with Crippen LogP contribution in [-0.2, 0) is 0 Å². The van der Waals surface area contributed by atoms with Crippen LogP contribution in [0.2, 0.25) is 0 Å². The van der Waals surface area contributed by atoms with Gasteiger partial charge in [-0.25, -0.2) is 29.9 Å². The molecule has 0 saturated heterocycles. The summed E-state index contributed by atoms with van der Waals surface area (Å²) in [6.07, 6.45) is 0. The van der Waals surface area contributed by atoms with E-state index in [1.807, 2.05) is 72.8 Å². The standard InChI is InChI=1S/C90H56BN7O/c1-8-28-57(29-9-1)68-42-22-24-45-71(68)65-51-76(73-47-27-26-44-70(73)59-32-12-3-13-33-59)84-78(53-65)91-77-54-67(90-96-87(62-38-18-6-19-39-62)93-88(97-90)63-40-20-7-21-41-63)52-75-74-50-64(89-94-85(60-34-14-4-15-35-60)92-86(95-89)61-36-16-5-17-37-61)48-49-79(74)98(83(75)77)80-55-66(56-81(99-84)82(80)91)72-46-25-23-43-69(72)58-30-10-2-11-31-58/h1-56H. The first-order valence-corrected chi connectivity index (χ1v) is 33.4. The van der Waals surface area contributed by atoms with E-state index in [9.17, 15) is 0 Å². The van der Waals surface area contributed by atoms with E-state index in [4.69, 9.17) is 34.6 Å². The predicted molar refractivity (Wildman–Crippen MR) is 404 cm³/mol. The minimum Gasteiger partial charge on any atom is -0.458 e. The van der Waals surface area contributed by atoms with Crippen molar-refractivity contribution < 1.29 is 4.74 Å². The van der Waals surface area contributed by atoms with E-state index in [2.05, 4.69) is 271 Å². The molecule has 8 nitrogen and oxygen atoms in total. The number of hydrogen-bond donors (Lipinski definition) is 0. The van der Waals surface area contributed by atoms with Crippen LogP contribution in [0, 0.1) is 0 Å². The molecule has 2 aliphatic rings. The Morgan fingerprint density at radius 3 is 1.03 bits per heavy atom. The summed E-state index contributed by atoms with van der Waals surface area (Å²) in [5.41, 5.74) is 24.5. The number of rotatable bonds is 12. The fraction of sp³-hybridized carbons (Fsp3) is 0. The molecule has 460 valence electrons. The van der Waals surface area contributed by atoms with Crippen LogP contribution >= 0.6 is 0 Å². The van der Waals surface area contributed by atoms with Gasteiger partial charge in [-0.1, -0.05) is 297 Å². The molecule has 0 fully saturated rings. The maximum atomic E-state index is 7.96. The molecular formula is C90H56BN7O. The summed E-state index contributed by atoms with van der Waals surface area (Å²) in [5, 5.41) is 2.01. The highest BCUT2D eigenvalue weighted by atomic mass is 16.5. The molecular weight excluding hydrogens is 1210 g/mol. The van der Waals surface area contributed by atoms with Gasteiger partial charge in [0.2, 0.25) is 0 Å². The van der Waals surface area contributed by atoms with Gasteiger partial charge in [0.05, 0.1) is 5.52 Å². The quantitative estimate of drug-likeness (QED) is 0.113. The second kappa shape index (κ2) is 23.9. The number of benzene rings is 14. The first-order valence-electron chi connectivity index (χ1n) is 33.4. The van der Waals surface area contributed by atoms with Crippen LogP contribution in [0.25, 0.3) is 163 Å². The van der Waals surface area contributed by atoms with Crippen molar-refractivity contribution in [2.45, 2.75) is 0 Å². The maximum absolute atomic E-state index is 7.96. The fourth-order valence-electron chi connectivity index (χ4n) is 14.8. The summed E-state index contributed by atoms with van der Waals surface area (Å²) in [4.78, 5) is 31.9. The van der Waals surface area contributed by atoms with Crippen molar-refractivity contribution in [2.75, 3.05) is 0 Å². The molecule has 9 heteroatoms. The van der Waals surface area contributed by atoms with Crippen molar-refractivity contribution in [3.63, 3.8) is 0 Å². The molecule has 3 aromatic heterocycles. The molecule has 0 unspecified atom stereocenters. The van der Waals surface area contributed by atoms with Gasteiger partial charge in [-0.05, 0) is 120 Å². The van der Waals surface area contributed by atoms with E-state index >= 15 is 0 Å². The number of hydrogen-bond acceptors (Lipinski definition) is 7. The van der Waals surface area contributed by atoms with Gasteiger partial charge < -0.3 is 9.30 Å². The van der Waals surface area contributed by atoms with Gasteiger partial charge in [0.1, 0.15) is 11.5 Å². The number of nitrogens with zero attached hydrogens (tertiary/aromatic N) is 7. The van der Waals surface area contributed by atoms with Crippen molar-refractivity contribution >= 4 is 44.9 Å². The predicted octanol–water partition coefficient (Wildman–Crippen LogP) is 20.1. The van der Waals surface area contributed by atoms with Gasteiger partial charge in [0.15, 0.2) is 34.9 Å². The van der Waals surface area contributed by atoms with Gasteiger partial charge in [-0.3, -0.25) is 0 Å². The van der Waals surface area contributed by atoms with Crippen LogP contribution in [0.3, 0.4) is 0 Å². The van der Waals surface area contributed by atoms with Gasteiger partial charge >= 0.3 is 0 Å². The fourth-order valence-corrected chi connectivity index (χ4v) is 14.8. The van der Waals surface area contributed by atoms with E-state index in [0.29, 0.717) is 34.9 Å². The van der Waals surface area contributed by atoms with Crippen LogP contribution < -0.4 is 21.1 Å². The molecule has 0 atom stereocenters. The van der Waals surface area contributed by atoms with Crippen molar-refractivity contribution in [1.82, 2.24) is 34.5 Å². The third-order valence-corrected chi connectivity index (χ3v) is 19.4. The summed E-state index contributed by atoms with van der Waals surface area (Å²) in [5.74, 6) is 4.99. The second-order valence-electron chi connectivity index (χ2n) is 25.2. The van der Waals surface area contributed by atoms with Gasteiger partial charge in [0.25, 0.3) is 6.71 Å². The van der Waals surface area contributed by atoms with Crippen LogP contribution in [0.4, 0.5) is 0 Å². The van der Waals surface area contributed by atoms with Crippen molar-refractivity contribution in [3.8, 4) is 152 Å². The van der Waals surface area contributed by atoms with E-state index in [1.54, 1.807) is 0 Å². The molecule has 17 aromatic rings. The Balaban J connectivity index is 0.948. The summed E-state index contributed by atoms with van der Waals surface area (Å²) in [7, 11) is 0. The Morgan fingerprint density at radius 1 is 0.242 bits per heavy atom. The molecule has 14 aromatic carbocycles. The SMILES string of the molecule is c1ccc(-c2nc(-c3ccccc3)nc(-c3ccc4c(c3)c3cc(-c5nc(-c6ccccc6)nc(-c6ccccc6)n5)cc5c3n4-c3cc(-c4ccccc4-c4ccccc4)cc4c3B5c3cc(-c5ccccc5-c5ccccc5)cc(-c5ccccc5-c5ccccc5)c3O4)n2)cc1. The van der Waals surface area contributed by atoms with Gasteiger partial charge in [-0.2, -0.15) is 0 Å². The van der Waals surface area contributed by atoms with Crippen LogP contribution in [0.15, 0.2) is 340 Å².